The van der Waals surface area contributed by atoms with Crippen molar-refractivity contribution in [3.8, 4) is 17.0 Å². The van der Waals surface area contributed by atoms with Crippen LogP contribution in [-0.2, 0) is 4.79 Å². The number of carboxylic acid groups (broad SMARTS) is 1. The van der Waals surface area contributed by atoms with E-state index < -0.39 is 18.7 Å². The maximum absolute atomic E-state index is 13.1. The topological polar surface area (TPSA) is 108 Å². The molecule has 0 spiro atoms. The van der Waals surface area contributed by atoms with Crippen molar-refractivity contribution >= 4 is 23.4 Å². The van der Waals surface area contributed by atoms with Crippen molar-refractivity contribution in [3.63, 3.8) is 0 Å². The van der Waals surface area contributed by atoms with Gasteiger partial charge in [-0.2, -0.15) is 0 Å². The molecule has 1 atom stereocenters. The van der Waals surface area contributed by atoms with Gasteiger partial charge in [0, 0.05) is 16.4 Å². The second kappa shape index (κ2) is 10.5. The largest absolute Gasteiger partial charge is 0.482 e. The van der Waals surface area contributed by atoms with Crippen LogP contribution < -0.4 is 20.3 Å². The molecule has 1 aliphatic rings. The number of hydrogen-bond acceptors (Lipinski definition) is 6. The fourth-order valence-electron chi connectivity index (χ4n) is 3.77. The van der Waals surface area contributed by atoms with Gasteiger partial charge in [0.15, 0.2) is 6.61 Å². The Hall–Kier alpha value is -3.33. The number of aliphatic carboxylic acids is 1. The summed E-state index contributed by atoms with van der Waals surface area (Å²) in [5, 5.41) is 17.7. The number of aromatic amines is 1. The van der Waals surface area contributed by atoms with Gasteiger partial charge in [0.05, 0.1) is 11.3 Å². The second-order valence-corrected chi connectivity index (χ2v) is 8.89. The summed E-state index contributed by atoms with van der Waals surface area (Å²) in [5.74, 6) is 0.328. The molecule has 1 aromatic heterocycles. The molecule has 0 saturated carbocycles. The van der Waals surface area contributed by atoms with Crippen LogP contribution in [0.4, 0.5) is 5.69 Å². The minimum atomic E-state index is -1.03. The zero-order valence-electron chi connectivity index (χ0n) is 18.4. The SMILES string of the molecule is CCCCCCSc1n[n+]2c(c(=O)[nH]1)-c1ccccc1N[C@H]2c1ccc(OCC(=O)O)cc1. The van der Waals surface area contributed by atoms with E-state index in [2.05, 4.69) is 17.2 Å². The maximum Gasteiger partial charge on any atom is 0.341 e. The lowest BCUT2D eigenvalue weighted by Gasteiger charge is -2.22. The summed E-state index contributed by atoms with van der Waals surface area (Å²) < 4.78 is 6.98. The lowest BCUT2D eigenvalue weighted by Crippen LogP contribution is -2.55. The smallest absolute Gasteiger partial charge is 0.341 e. The number of fused-ring (bicyclic) bond motifs is 3. The van der Waals surface area contributed by atoms with Gasteiger partial charge in [-0.15, -0.1) is 0 Å². The van der Waals surface area contributed by atoms with Crippen molar-refractivity contribution in [2.45, 2.75) is 43.9 Å². The van der Waals surface area contributed by atoms with E-state index in [9.17, 15) is 9.59 Å². The summed E-state index contributed by atoms with van der Waals surface area (Å²) in [4.78, 5) is 26.8. The molecular weight excluding hydrogens is 440 g/mol. The molecule has 33 heavy (non-hydrogen) atoms. The van der Waals surface area contributed by atoms with E-state index in [1.165, 1.54) is 19.3 Å². The average Bonchev–Trinajstić information content (AvgIpc) is 2.82. The number of para-hydroxylation sites is 1. The number of anilines is 1. The number of aromatic nitrogens is 3. The predicted octanol–water partition coefficient (Wildman–Crippen LogP) is 3.83. The van der Waals surface area contributed by atoms with Crippen LogP contribution in [0.3, 0.4) is 0 Å². The number of nitrogens with zero attached hydrogens (tertiary/aromatic N) is 2. The normalized spacial score (nSPS) is 14.2. The number of nitrogens with one attached hydrogen (secondary N) is 2. The standard InChI is InChI=1S/C24H26N4O4S/c1-2-3-4-7-14-33-24-26-23(31)21-18-8-5-6-9-19(18)25-22(28(21)27-24)16-10-12-17(13-11-16)32-15-20(29)30/h5-6,8-13,22H,2-4,7,14-15H2,1H3,(H2,26,27,29,30,31)/p+1/t22-/m1/s1. The molecule has 1 aliphatic heterocycles. The Bertz CT molecular complexity index is 1180. The highest BCUT2D eigenvalue weighted by atomic mass is 32.2. The Morgan fingerprint density at radius 3 is 2.70 bits per heavy atom. The Morgan fingerprint density at radius 1 is 1.15 bits per heavy atom. The Labute approximate surface area is 196 Å². The van der Waals surface area contributed by atoms with Gasteiger partial charge in [0.25, 0.3) is 6.17 Å². The van der Waals surface area contributed by atoms with E-state index >= 15 is 0 Å². The molecule has 8 nitrogen and oxygen atoms in total. The molecule has 3 aromatic rings. The number of rotatable bonds is 10. The van der Waals surface area contributed by atoms with Crippen LogP contribution in [0, 0.1) is 0 Å². The van der Waals surface area contributed by atoms with Crippen molar-refractivity contribution in [3.05, 3.63) is 64.4 Å². The number of thioether (sulfide) groups is 1. The third-order valence-electron chi connectivity index (χ3n) is 5.38. The zero-order valence-corrected chi connectivity index (χ0v) is 19.2. The Kier molecular flexibility index (Phi) is 7.29. The molecule has 172 valence electrons. The van der Waals surface area contributed by atoms with Gasteiger partial charge in [-0.25, -0.2) is 4.79 Å². The molecule has 0 saturated heterocycles. The van der Waals surface area contributed by atoms with E-state index in [1.54, 1.807) is 28.6 Å². The third-order valence-corrected chi connectivity index (χ3v) is 6.33. The van der Waals surface area contributed by atoms with E-state index in [1.807, 2.05) is 36.4 Å². The van der Waals surface area contributed by atoms with E-state index in [0.29, 0.717) is 16.6 Å². The molecule has 0 bridgehead atoms. The molecule has 0 aliphatic carbocycles. The summed E-state index contributed by atoms with van der Waals surface area (Å²) in [6, 6.07) is 14.8. The molecular formula is C24H27N4O4S+. The number of hydrogen-bond donors (Lipinski definition) is 3. The van der Waals surface area contributed by atoms with Crippen LogP contribution >= 0.6 is 11.8 Å². The molecule has 2 aromatic carbocycles. The number of unbranched alkanes of at least 4 members (excludes halogenated alkanes) is 3. The Morgan fingerprint density at radius 2 is 1.94 bits per heavy atom. The van der Waals surface area contributed by atoms with Gasteiger partial charge >= 0.3 is 17.2 Å². The van der Waals surface area contributed by atoms with Crippen LogP contribution in [0.1, 0.15) is 44.3 Å². The minimum absolute atomic E-state index is 0.179. The van der Waals surface area contributed by atoms with Crippen LogP contribution in [-0.4, -0.2) is 33.5 Å². The highest BCUT2D eigenvalue weighted by Gasteiger charge is 2.37. The molecule has 9 heteroatoms. The van der Waals surface area contributed by atoms with Crippen molar-refractivity contribution in [2.24, 2.45) is 0 Å². The van der Waals surface area contributed by atoms with Gasteiger partial charge < -0.3 is 15.2 Å². The van der Waals surface area contributed by atoms with E-state index in [4.69, 9.17) is 14.9 Å². The number of ether oxygens (including phenoxy) is 1. The number of H-pyrrole nitrogens is 1. The first kappa shape index (κ1) is 22.8. The maximum atomic E-state index is 13.1. The van der Waals surface area contributed by atoms with E-state index in [-0.39, 0.29) is 5.56 Å². The average molecular weight is 468 g/mol. The third kappa shape index (κ3) is 5.36. The lowest BCUT2D eigenvalue weighted by atomic mass is 10.0. The van der Waals surface area contributed by atoms with Crippen molar-refractivity contribution in [1.29, 1.82) is 0 Å². The van der Waals surface area contributed by atoms with Crippen LogP contribution in [0.15, 0.2) is 58.5 Å². The molecule has 0 amide bonds. The molecule has 4 rings (SSSR count). The van der Waals surface area contributed by atoms with Gasteiger partial charge in [-0.05, 0) is 47.5 Å². The summed E-state index contributed by atoms with van der Waals surface area (Å²) >= 11 is 1.56. The summed E-state index contributed by atoms with van der Waals surface area (Å²) in [5.41, 5.74) is 2.83. The quantitative estimate of drug-likeness (QED) is 0.236. The van der Waals surface area contributed by atoms with Crippen molar-refractivity contribution in [1.82, 2.24) is 10.1 Å². The first-order chi connectivity index (χ1) is 16.1. The van der Waals surface area contributed by atoms with Crippen LogP contribution in [0.5, 0.6) is 5.75 Å². The molecule has 0 fully saturated rings. The monoisotopic (exact) mass is 467 g/mol. The van der Waals surface area contributed by atoms with Crippen LogP contribution in [0.2, 0.25) is 0 Å². The zero-order chi connectivity index (χ0) is 23.2. The van der Waals surface area contributed by atoms with Gasteiger partial charge in [-0.3, -0.25) is 9.78 Å². The summed E-state index contributed by atoms with van der Waals surface area (Å²) in [6.07, 6.45) is 4.23. The highest BCUT2D eigenvalue weighted by molar-refractivity contribution is 7.99. The van der Waals surface area contributed by atoms with Crippen molar-refractivity contribution in [2.75, 3.05) is 17.7 Å². The molecule has 3 N–H and O–H groups in total. The fourth-order valence-corrected chi connectivity index (χ4v) is 4.62. The minimum Gasteiger partial charge on any atom is -0.482 e. The first-order valence-electron chi connectivity index (χ1n) is 11.1. The molecule has 2 heterocycles. The van der Waals surface area contributed by atoms with Crippen molar-refractivity contribution < 1.29 is 19.3 Å². The highest BCUT2D eigenvalue weighted by Crippen LogP contribution is 2.32. The van der Waals surface area contributed by atoms with E-state index in [0.717, 1.165) is 29.0 Å². The second-order valence-electron chi connectivity index (χ2n) is 7.81. The first-order valence-corrected chi connectivity index (χ1v) is 12.0. The molecule has 0 unspecified atom stereocenters. The predicted molar refractivity (Wildman–Crippen MR) is 127 cm³/mol. The van der Waals surface area contributed by atoms with Gasteiger partial charge in [0.2, 0.25) is 5.16 Å². The lowest BCUT2D eigenvalue weighted by molar-refractivity contribution is -0.759. The Balaban J connectivity index is 1.66. The van der Waals surface area contributed by atoms with Gasteiger partial charge in [-0.1, -0.05) is 50.1 Å². The fraction of sp³-hybridized carbons (Fsp3) is 0.333. The molecule has 0 radical (unpaired) electrons. The summed E-state index contributed by atoms with van der Waals surface area (Å²) in [7, 11) is 0. The number of carboxylic acids is 1. The number of benzene rings is 2. The summed E-state index contributed by atoms with van der Waals surface area (Å²) in [6.45, 7) is 1.78. The number of carbonyl (C=O) groups is 1. The van der Waals surface area contributed by atoms with Crippen LogP contribution in [0.25, 0.3) is 11.3 Å². The van der Waals surface area contributed by atoms with Gasteiger partial charge in [0.1, 0.15) is 5.75 Å².